The summed E-state index contributed by atoms with van der Waals surface area (Å²) in [5.41, 5.74) is 2.62. The Balaban J connectivity index is 1.51. The number of fused-ring (bicyclic) bond motifs is 1. The van der Waals surface area contributed by atoms with Crippen LogP contribution in [0.15, 0.2) is 48.1 Å². The number of unbranched alkanes of at least 4 members (excludes halogenated alkanes) is 1. The summed E-state index contributed by atoms with van der Waals surface area (Å²) in [5.74, 6) is 0.813. The van der Waals surface area contributed by atoms with Gasteiger partial charge in [-0.2, -0.15) is 0 Å². The maximum Gasteiger partial charge on any atom is 0.337 e. The van der Waals surface area contributed by atoms with Crippen LogP contribution in [0.25, 0.3) is 0 Å². The van der Waals surface area contributed by atoms with Crippen molar-refractivity contribution in [2.45, 2.75) is 76.9 Å². The molecule has 0 amide bonds. The van der Waals surface area contributed by atoms with E-state index in [0.29, 0.717) is 23.8 Å². The van der Waals surface area contributed by atoms with Crippen LogP contribution < -0.4 is 0 Å². The summed E-state index contributed by atoms with van der Waals surface area (Å²) >= 11 is 0. The smallest absolute Gasteiger partial charge is 0.337 e. The molecular formula is C27H38O4. The zero-order chi connectivity index (χ0) is 22.4. The molecule has 4 heteroatoms. The van der Waals surface area contributed by atoms with Gasteiger partial charge < -0.3 is 14.9 Å². The average Bonchev–Trinajstić information content (AvgIpc) is 3.27. The maximum absolute atomic E-state index is 11.6. The first-order valence-electron chi connectivity index (χ1n) is 11.8. The third-order valence-corrected chi connectivity index (χ3v) is 7.04. The van der Waals surface area contributed by atoms with Crippen LogP contribution in [0.1, 0.15) is 74.7 Å². The summed E-state index contributed by atoms with van der Waals surface area (Å²) < 4.78 is 4.75. The molecule has 0 bridgehead atoms. The molecule has 0 spiro atoms. The standard InChI is InChI=1S/C27H38O4/c1-4-5-14-27(2,30)15-6-7-23-24-17-20(16-22(24)18-25(23)28)9-8-19-10-12-21(13-11-19)26(29)31-3/h6-7,10-13,16,22-25,28,30H,4-5,8-9,14-15,17-18H2,1-3H3/b7-6+/t22-,23+,24-,25+,27-/m0/s1. The molecule has 0 aromatic heterocycles. The second kappa shape index (κ2) is 10.6. The molecule has 0 radical (unpaired) electrons. The van der Waals surface area contributed by atoms with Crippen LogP contribution in [0, 0.1) is 17.8 Å². The highest BCUT2D eigenvalue weighted by atomic mass is 16.5. The molecule has 1 fully saturated rings. The first-order chi connectivity index (χ1) is 14.8. The van der Waals surface area contributed by atoms with E-state index in [1.54, 1.807) is 0 Å². The number of benzene rings is 1. The quantitative estimate of drug-likeness (QED) is 0.397. The zero-order valence-corrected chi connectivity index (χ0v) is 19.2. The van der Waals surface area contributed by atoms with Crippen molar-refractivity contribution in [3.8, 4) is 0 Å². The Morgan fingerprint density at radius 1 is 1.26 bits per heavy atom. The summed E-state index contributed by atoms with van der Waals surface area (Å²) in [5, 5.41) is 21.1. The Labute approximate surface area is 187 Å². The van der Waals surface area contributed by atoms with E-state index < -0.39 is 5.60 Å². The molecule has 1 aromatic rings. The number of esters is 1. The van der Waals surface area contributed by atoms with Gasteiger partial charge in [0.25, 0.3) is 0 Å². The first-order valence-corrected chi connectivity index (χ1v) is 11.8. The van der Waals surface area contributed by atoms with Gasteiger partial charge >= 0.3 is 5.97 Å². The molecule has 2 N–H and O–H groups in total. The Morgan fingerprint density at radius 2 is 2.00 bits per heavy atom. The molecule has 170 valence electrons. The third kappa shape index (κ3) is 6.30. The molecule has 31 heavy (non-hydrogen) atoms. The topological polar surface area (TPSA) is 66.8 Å². The highest BCUT2D eigenvalue weighted by Gasteiger charge is 2.43. The molecule has 0 saturated heterocycles. The van der Waals surface area contributed by atoms with Crippen LogP contribution in [-0.4, -0.2) is 35.0 Å². The molecule has 1 aromatic carbocycles. The lowest BCUT2D eigenvalue weighted by Gasteiger charge is -2.22. The van der Waals surface area contributed by atoms with Crippen LogP contribution in [0.2, 0.25) is 0 Å². The number of carbonyl (C=O) groups excluding carboxylic acids is 1. The van der Waals surface area contributed by atoms with Gasteiger partial charge in [-0.1, -0.05) is 55.7 Å². The highest BCUT2D eigenvalue weighted by molar-refractivity contribution is 5.89. The molecule has 5 atom stereocenters. The minimum absolute atomic E-state index is 0.181. The lowest BCUT2D eigenvalue weighted by atomic mass is 9.87. The molecule has 4 nitrogen and oxygen atoms in total. The summed E-state index contributed by atoms with van der Waals surface area (Å²) in [6.45, 7) is 4.05. The molecule has 3 rings (SSSR count). The van der Waals surface area contributed by atoms with E-state index in [9.17, 15) is 15.0 Å². The largest absolute Gasteiger partial charge is 0.465 e. The highest BCUT2D eigenvalue weighted by Crippen LogP contribution is 2.48. The number of rotatable bonds is 10. The van der Waals surface area contributed by atoms with Crippen molar-refractivity contribution in [2.75, 3.05) is 7.11 Å². The first kappa shape index (κ1) is 23.7. The van der Waals surface area contributed by atoms with Gasteiger partial charge in [0, 0.05) is 5.92 Å². The number of aliphatic hydroxyl groups is 2. The monoisotopic (exact) mass is 426 g/mol. The van der Waals surface area contributed by atoms with Gasteiger partial charge in [-0.25, -0.2) is 4.79 Å². The summed E-state index contributed by atoms with van der Waals surface area (Å²) in [4.78, 5) is 11.6. The normalized spacial score (nSPS) is 27.2. The van der Waals surface area contributed by atoms with Gasteiger partial charge in [-0.3, -0.25) is 0 Å². The number of ether oxygens (including phenoxy) is 1. The van der Waals surface area contributed by atoms with E-state index in [2.05, 4.69) is 25.2 Å². The van der Waals surface area contributed by atoms with E-state index in [0.717, 1.165) is 44.9 Å². The van der Waals surface area contributed by atoms with Gasteiger partial charge in [-0.15, -0.1) is 0 Å². The van der Waals surface area contributed by atoms with Crippen LogP contribution in [0.3, 0.4) is 0 Å². The van der Waals surface area contributed by atoms with Crippen molar-refractivity contribution >= 4 is 5.97 Å². The molecule has 2 aliphatic carbocycles. The molecule has 0 aliphatic heterocycles. The second-order valence-corrected chi connectivity index (χ2v) is 9.66. The van der Waals surface area contributed by atoms with Crippen molar-refractivity contribution in [1.29, 1.82) is 0 Å². The van der Waals surface area contributed by atoms with Crippen LogP contribution in [0.4, 0.5) is 0 Å². The number of carbonyl (C=O) groups is 1. The van der Waals surface area contributed by atoms with Crippen molar-refractivity contribution in [1.82, 2.24) is 0 Å². The third-order valence-electron chi connectivity index (χ3n) is 7.04. The van der Waals surface area contributed by atoms with Gasteiger partial charge in [0.05, 0.1) is 24.4 Å². The van der Waals surface area contributed by atoms with Crippen molar-refractivity contribution in [3.05, 3.63) is 59.2 Å². The van der Waals surface area contributed by atoms with E-state index in [-0.39, 0.29) is 18.0 Å². The van der Waals surface area contributed by atoms with Gasteiger partial charge in [0.2, 0.25) is 0 Å². The second-order valence-electron chi connectivity index (χ2n) is 9.66. The van der Waals surface area contributed by atoms with Gasteiger partial charge in [0.15, 0.2) is 0 Å². The molecule has 0 unspecified atom stereocenters. The number of methoxy groups -OCH3 is 1. The van der Waals surface area contributed by atoms with Crippen LogP contribution >= 0.6 is 0 Å². The average molecular weight is 427 g/mol. The Bertz CT molecular complexity index is 790. The van der Waals surface area contributed by atoms with E-state index >= 15 is 0 Å². The summed E-state index contributed by atoms with van der Waals surface area (Å²) in [6, 6.07) is 7.65. The summed E-state index contributed by atoms with van der Waals surface area (Å²) in [6.07, 6.45) is 13.8. The fraction of sp³-hybridized carbons (Fsp3) is 0.593. The minimum atomic E-state index is -0.655. The Hall–Kier alpha value is -1.91. The van der Waals surface area contributed by atoms with E-state index in [1.807, 2.05) is 31.2 Å². The molecular weight excluding hydrogens is 388 g/mol. The Kier molecular flexibility index (Phi) is 8.12. The number of aliphatic hydroxyl groups excluding tert-OH is 1. The van der Waals surface area contributed by atoms with Crippen molar-refractivity contribution < 1.29 is 19.7 Å². The molecule has 0 heterocycles. The van der Waals surface area contributed by atoms with Gasteiger partial charge in [0.1, 0.15) is 0 Å². The number of hydrogen-bond acceptors (Lipinski definition) is 4. The number of aryl methyl sites for hydroxylation is 1. The molecule has 1 saturated carbocycles. The van der Waals surface area contributed by atoms with Crippen LogP contribution in [0.5, 0.6) is 0 Å². The zero-order valence-electron chi connectivity index (χ0n) is 19.2. The van der Waals surface area contributed by atoms with Crippen LogP contribution in [-0.2, 0) is 11.2 Å². The maximum atomic E-state index is 11.6. The summed E-state index contributed by atoms with van der Waals surface area (Å²) in [7, 11) is 1.40. The van der Waals surface area contributed by atoms with E-state index in [1.165, 1.54) is 18.2 Å². The lowest BCUT2D eigenvalue weighted by molar-refractivity contribution is 0.0512. The van der Waals surface area contributed by atoms with Crippen molar-refractivity contribution in [2.24, 2.45) is 17.8 Å². The lowest BCUT2D eigenvalue weighted by Crippen LogP contribution is -2.23. The number of hydrogen-bond donors (Lipinski definition) is 2. The fourth-order valence-corrected chi connectivity index (χ4v) is 5.16. The Morgan fingerprint density at radius 3 is 2.68 bits per heavy atom. The fourth-order valence-electron chi connectivity index (χ4n) is 5.16. The van der Waals surface area contributed by atoms with Crippen molar-refractivity contribution in [3.63, 3.8) is 0 Å². The SMILES string of the molecule is CCCC[C@](C)(O)C/C=C/[C@@H]1[C@H]2CC(CCc3ccc(C(=O)OC)cc3)=C[C@H]2C[C@H]1O. The van der Waals surface area contributed by atoms with Gasteiger partial charge in [-0.05, 0) is 75.0 Å². The molecule has 2 aliphatic rings. The predicted molar refractivity (Wildman–Crippen MR) is 124 cm³/mol. The van der Waals surface area contributed by atoms with E-state index in [4.69, 9.17) is 4.74 Å². The predicted octanol–water partition coefficient (Wildman–Crippen LogP) is 5.24. The number of allylic oxidation sites excluding steroid dienone is 2. The minimum Gasteiger partial charge on any atom is -0.465 e.